The van der Waals surface area contributed by atoms with E-state index in [2.05, 4.69) is 47.6 Å². The van der Waals surface area contributed by atoms with Crippen molar-refractivity contribution < 1.29 is 89.0 Å². The molecule has 0 aromatic carbocycles. The summed E-state index contributed by atoms with van der Waals surface area (Å²) in [5.74, 6) is -0.184. The van der Waals surface area contributed by atoms with E-state index in [0.717, 1.165) is 44.1 Å². The van der Waals surface area contributed by atoms with Crippen LogP contribution in [0.2, 0.25) is 0 Å². The highest BCUT2D eigenvalue weighted by molar-refractivity contribution is 5.26. The number of aliphatic hydroxyl groups is 10. The predicted molar refractivity (Wildman–Crippen MR) is 225 cm³/mol. The third-order valence-corrected chi connectivity index (χ3v) is 18.8. The molecule has 0 aromatic heterocycles. The standard InChI is InChI=1S/C47H76O18/c1-21(2)14-22-15-45(7,57)38-23-8-9-28-43(5)12-11-29(42(3,4)27(43)10-13-44(28,6)46(23)19-47(38,65-22)58-20-46)62-41-37(64-39-34(55)31(52)25(17-49)60-39)36(32(53)26(18-50)61-41)63-40-35(56)33(54)30(51)24(16-48)59-40/h14,22-41,48-57H,8-13,15-20H2,1-7H3. The topological polar surface area (TPSA) is 276 Å². The largest absolute Gasteiger partial charge is 0.394 e. The monoisotopic (exact) mass is 929 g/mol. The maximum atomic E-state index is 12.2. The van der Waals surface area contributed by atoms with Crippen molar-refractivity contribution in [3.8, 4) is 0 Å². The first-order valence-corrected chi connectivity index (χ1v) is 24.1. The van der Waals surface area contributed by atoms with Crippen LogP contribution in [-0.2, 0) is 37.9 Å². The van der Waals surface area contributed by atoms with Gasteiger partial charge in [0.2, 0.25) is 0 Å². The summed E-state index contributed by atoms with van der Waals surface area (Å²) in [6, 6.07) is 0. The van der Waals surface area contributed by atoms with Crippen LogP contribution < -0.4 is 0 Å². The minimum atomic E-state index is -1.86. The summed E-state index contributed by atoms with van der Waals surface area (Å²) in [6.07, 6.45) is -14.0. The summed E-state index contributed by atoms with van der Waals surface area (Å²) in [7, 11) is 0. The maximum Gasteiger partial charge on any atom is 0.187 e. The second kappa shape index (κ2) is 17.1. The highest BCUT2D eigenvalue weighted by atomic mass is 16.8. The Morgan fingerprint density at radius 2 is 1.23 bits per heavy atom. The van der Waals surface area contributed by atoms with Gasteiger partial charge < -0.3 is 89.0 Å². The molecule has 5 heterocycles. The third-order valence-electron chi connectivity index (χ3n) is 18.8. The third kappa shape index (κ3) is 7.40. The molecule has 18 nitrogen and oxygen atoms in total. The van der Waals surface area contributed by atoms with Gasteiger partial charge in [-0.05, 0) is 93.3 Å². The van der Waals surface area contributed by atoms with E-state index in [-0.39, 0.29) is 40.1 Å². The van der Waals surface area contributed by atoms with Crippen molar-refractivity contribution in [1.82, 2.24) is 0 Å². The van der Waals surface area contributed by atoms with Gasteiger partial charge in [-0.3, -0.25) is 0 Å². The first kappa shape index (κ1) is 49.0. The van der Waals surface area contributed by atoms with Crippen molar-refractivity contribution in [1.29, 1.82) is 0 Å². The highest BCUT2D eigenvalue weighted by Gasteiger charge is 2.81. The molecule has 0 radical (unpaired) electrons. The Bertz CT molecular complexity index is 1760. The number of hydrogen-bond acceptors (Lipinski definition) is 18. The van der Waals surface area contributed by atoms with Crippen LogP contribution in [0.4, 0.5) is 0 Å². The summed E-state index contributed by atoms with van der Waals surface area (Å²) in [5.41, 5.74) is -0.668. The van der Waals surface area contributed by atoms with E-state index >= 15 is 0 Å². The van der Waals surface area contributed by atoms with E-state index in [1.54, 1.807) is 0 Å². The maximum absolute atomic E-state index is 12.2. The summed E-state index contributed by atoms with van der Waals surface area (Å²) in [5, 5.41) is 108. The Labute approximate surface area is 381 Å². The van der Waals surface area contributed by atoms with Crippen LogP contribution in [0, 0.1) is 45.3 Å². The predicted octanol–water partition coefficient (Wildman–Crippen LogP) is -0.0333. The van der Waals surface area contributed by atoms with Gasteiger partial charge >= 0.3 is 0 Å². The molecular weight excluding hydrogens is 852 g/mol. The Morgan fingerprint density at radius 1 is 0.646 bits per heavy atom. The fraction of sp³-hybridized carbons (Fsp3) is 0.957. The second-order valence-corrected chi connectivity index (χ2v) is 22.9. The molecule has 2 spiro atoms. The molecule has 9 aliphatic rings. The van der Waals surface area contributed by atoms with Crippen LogP contribution in [0.1, 0.15) is 99.8 Å². The average Bonchev–Trinajstić information content (AvgIpc) is 3.86. The number of rotatable bonds is 10. The molecule has 2 bridgehead atoms. The number of hydrogen-bond donors (Lipinski definition) is 10. The lowest BCUT2D eigenvalue weighted by Gasteiger charge is -2.70. The number of fused-ring (bicyclic) bond motifs is 4. The van der Waals surface area contributed by atoms with Crippen LogP contribution in [-0.4, -0.2) is 187 Å². The molecule has 9 rings (SSSR count). The van der Waals surface area contributed by atoms with Crippen LogP contribution in [0.25, 0.3) is 0 Å². The van der Waals surface area contributed by atoms with Crippen LogP contribution in [0.5, 0.6) is 0 Å². The van der Waals surface area contributed by atoms with Gasteiger partial charge in [-0.15, -0.1) is 0 Å². The normalized spacial score (nSPS) is 56.9. The van der Waals surface area contributed by atoms with Crippen molar-refractivity contribution in [3.05, 3.63) is 11.6 Å². The Balaban J connectivity index is 0.991. The van der Waals surface area contributed by atoms with Gasteiger partial charge in [0.1, 0.15) is 67.1 Å². The summed E-state index contributed by atoms with van der Waals surface area (Å²) >= 11 is 0. The molecule has 0 amide bonds. The zero-order valence-corrected chi connectivity index (χ0v) is 38.8. The van der Waals surface area contributed by atoms with Gasteiger partial charge in [0, 0.05) is 24.2 Å². The number of ether oxygens (including phenoxy) is 8. The van der Waals surface area contributed by atoms with Gasteiger partial charge in [-0.2, -0.15) is 0 Å². The molecule has 65 heavy (non-hydrogen) atoms. The lowest BCUT2D eigenvalue weighted by molar-refractivity contribution is -0.387. The lowest BCUT2D eigenvalue weighted by Crippen LogP contribution is -2.68. The molecule has 9 fully saturated rings. The van der Waals surface area contributed by atoms with Crippen LogP contribution in [0.15, 0.2) is 11.6 Å². The molecule has 25 atom stereocenters. The van der Waals surface area contributed by atoms with Gasteiger partial charge in [-0.25, -0.2) is 0 Å². The van der Waals surface area contributed by atoms with Gasteiger partial charge in [-0.1, -0.05) is 39.3 Å². The first-order chi connectivity index (χ1) is 30.5. The number of aliphatic hydroxyl groups excluding tert-OH is 9. The minimum Gasteiger partial charge on any atom is -0.394 e. The van der Waals surface area contributed by atoms with Crippen molar-refractivity contribution in [2.24, 2.45) is 45.3 Å². The Hall–Kier alpha value is -0.980. The zero-order valence-electron chi connectivity index (χ0n) is 38.8. The van der Waals surface area contributed by atoms with E-state index in [4.69, 9.17) is 37.9 Å². The molecule has 10 N–H and O–H groups in total. The fourth-order valence-corrected chi connectivity index (χ4v) is 15.9. The molecular formula is C47H76O18. The summed E-state index contributed by atoms with van der Waals surface area (Å²) in [6.45, 7) is 13.9. The Kier molecular flexibility index (Phi) is 12.9. The molecule has 5 aliphatic heterocycles. The van der Waals surface area contributed by atoms with E-state index in [1.165, 1.54) is 0 Å². The molecule has 0 aromatic rings. The zero-order chi connectivity index (χ0) is 47.0. The first-order valence-electron chi connectivity index (χ1n) is 24.1. The average molecular weight is 929 g/mol. The van der Waals surface area contributed by atoms with Crippen molar-refractivity contribution >= 4 is 0 Å². The van der Waals surface area contributed by atoms with E-state index in [0.29, 0.717) is 25.4 Å². The van der Waals surface area contributed by atoms with E-state index in [1.807, 2.05) is 6.92 Å². The fourth-order valence-electron chi connectivity index (χ4n) is 15.9. The smallest absolute Gasteiger partial charge is 0.187 e. The van der Waals surface area contributed by atoms with E-state index in [9.17, 15) is 51.1 Å². The molecule has 18 heteroatoms. The van der Waals surface area contributed by atoms with Gasteiger partial charge in [0.25, 0.3) is 0 Å². The molecule has 4 aliphatic carbocycles. The van der Waals surface area contributed by atoms with Gasteiger partial charge in [0.05, 0.1) is 44.2 Å². The number of allylic oxidation sites excluding steroid dienone is 1. The SMILES string of the molecule is CC(C)=CC1CC(C)(O)C2C3CCC4C5(C)CCC(OC6OC(CO)C(O)C(OC7OC(CO)C(O)C(O)C7O)C6OC6OC(CO)C(O)C6O)C(C)(C)C5CCC4(C)C34COC2(C4)O1. The van der Waals surface area contributed by atoms with E-state index < -0.39 is 129 Å². The van der Waals surface area contributed by atoms with Crippen molar-refractivity contribution in [2.45, 2.75) is 209 Å². The highest BCUT2D eigenvalue weighted by Crippen LogP contribution is 2.80. The second-order valence-electron chi connectivity index (χ2n) is 22.9. The summed E-state index contributed by atoms with van der Waals surface area (Å²) < 4.78 is 50.9. The molecule has 5 saturated heterocycles. The quantitative estimate of drug-likeness (QED) is 0.102. The minimum absolute atomic E-state index is 0.0960. The van der Waals surface area contributed by atoms with Crippen molar-refractivity contribution in [3.63, 3.8) is 0 Å². The Morgan fingerprint density at radius 3 is 1.86 bits per heavy atom. The summed E-state index contributed by atoms with van der Waals surface area (Å²) in [4.78, 5) is 0. The van der Waals surface area contributed by atoms with Crippen LogP contribution in [0.3, 0.4) is 0 Å². The molecule has 25 unspecified atom stereocenters. The van der Waals surface area contributed by atoms with Crippen molar-refractivity contribution in [2.75, 3.05) is 26.4 Å². The van der Waals surface area contributed by atoms with Gasteiger partial charge in [0.15, 0.2) is 24.7 Å². The molecule has 372 valence electrons. The van der Waals surface area contributed by atoms with Crippen LogP contribution >= 0.6 is 0 Å². The lowest BCUT2D eigenvalue weighted by atomic mass is 9.35. The molecule has 4 saturated carbocycles.